The molecule has 7 heteroatoms. The Morgan fingerprint density at radius 1 is 1.10 bits per heavy atom. The molecule has 2 aromatic rings. The summed E-state index contributed by atoms with van der Waals surface area (Å²) in [5, 5.41) is 2.88. The molecule has 1 heterocycles. The molecule has 0 bridgehead atoms. The normalized spacial score (nSPS) is 15.3. The van der Waals surface area contributed by atoms with Gasteiger partial charge < -0.3 is 24.4 Å². The van der Waals surface area contributed by atoms with Gasteiger partial charge >= 0.3 is 0 Å². The molecule has 7 nitrogen and oxygen atoms in total. The van der Waals surface area contributed by atoms with Gasteiger partial charge in [-0.15, -0.1) is 0 Å². The molecule has 0 saturated heterocycles. The second-order valence-electron chi connectivity index (χ2n) is 7.16. The Morgan fingerprint density at radius 2 is 1.87 bits per heavy atom. The molecule has 3 rings (SSSR count). The summed E-state index contributed by atoms with van der Waals surface area (Å²) >= 11 is 0. The van der Waals surface area contributed by atoms with Crippen LogP contribution in [0.2, 0.25) is 0 Å². The van der Waals surface area contributed by atoms with Gasteiger partial charge in [-0.05, 0) is 49.7 Å². The zero-order valence-electron chi connectivity index (χ0n) is 17.9. The van der Waals surface area contributed by atoms with Gasteiger partial charge in [0.2, 0.25) is 0 Å². The summed E-state index contributed by atoms with van der Waals surface area (Å²) in [5.74, 6) is 1.32. The third kappa shape index (κ3) is 4.50. The van der Waals surface area contributed by atoms with Crippen LogP contribution in [-0.4, -0.2) is 38.7 Å². The van der Waals surface area contributed by atoms with Crippen molar-refractivity contribution in [1.29, 1.82) is 0 Å². The van der Waals surface area contributed by atoms with E-state index >= 15 is 0 Å². The molecule has 2 amide bonds. The Balaban J connectivity index is 1.83. The van der Waals surface area contributed by atoms with Crippen LogP contribution < -0.4 is 24.4 Å². The number of hydrogen-bond donors (Lipinski definition) is 1. The van der Waals surface area contributed by atoms with Crippen molar-refractivity contribution in [2.75, 3.05) is 31.0 Å². The van der Waals surface area contributed by atoms with Gasteiger partial charge in [0, 0.05) is 17.8 Å². The molecule has 1 atom stereocenters. The highest BCUT2D eigenvalue weighted by molar-refractivity contribution is 6.06. The van der Waals surface area contributed by atoms with Crippen molar-refractivity contribution < 1.29 is 23.8 Å². The van der Waals surface area contributed by atoms with Crippen LogP contribution in [0.3, 0.4) is 0 Å². The highest BCUT2D eigenvalue weighted by atomic mass is 16.5. The number of rotatable bonds is 8. The van der Waals surface area contributed by atoms with Gasteiger partial charge in [-0.3, -0.25) is 9.59 Å². The van der Waals surface area contributed by atoms with Crippen LogP contribution in [-0.2, 0) is 4.79 Å². The average Bonchev–Trinajstić information content (AvgIpc) is 2.76. The van der Waals surface area contributed by atoms with E-state index < -0.39 is 6.10 Å². The van der Waals surface area contributed by atoms with E-state index in [4.69, 9.17) is 14.2 Å². The summed E-state index contributed by atoms with van der Waals surface area (Å²) in [6, 6.07) is 10.3. The summed E-state index contributed by atoms with van der Waals surface area (Å²) in [6.07, 6.45) is 2.51. The maximum absolute atomic E-state index is 12.7. The maximum Gasteiger partial charge on any atom is 0.267 e. The lowest BCUT2D eigenvalue weighted by atomic mass is 10.1. The number of nitrogens with zero attached hydrogens (tertiary/aromatic N) is 1. The number of carbonyl (C=O) groups excluding carboxylic acids is 2. The lowest BCUT2D eigenvalue weighted by molar-refractivity contribution is -0.125. The number of carbonyl (C=O) groups is 2. The fourth-order valence-electron chi connectivity index (χ4n) is 3.42. The first-order valence-electron chi connectivity index (χ1n) is 10.1. The molecule has 1 N–H and O–H groups in total. The van der Waals surface area contributed by atoms with E-state index in [9.17, 15) is 9.59 Å². The first-order valence-corrected chi connectivity index (χ1v) is 10.1. The van der Waals surface area contributed by atoms with Crippen molar-refractivity contribution in [1.82, 2.24) is 0 Å². The van der Waals surface area contributed by atoms with Gasteiger partial charge in [-0.25, -0.2) is 0 Å². The van der Waals surface area contributed by atoms with Crippen LogP contribution in [0, 0.1) is 0 Å². The molecule has 1 aliphatic heterocycles. The standard InChI is InChI=1S/C23H28N2O5/c1-5-6-7-12-25-18-14-17(9-11-19(18)30-15(2)23(25)27)24-22(26)16-8-10-20(28-3)21(13-16)29-4/h8-11,13-15H,5-7,12H2,1-4H3,(H,24,26). The Labute approximate surface area is 176 Å². The van der Waals surface area contributed by atoms with Crippen molar-refractivity contribution in [3.05, 3.63) is 42.0 Å². The molecule has 0 aliphatic carbocycles. The number of ether oxygens (including phenoxy) is 3. The van der Waals surface area contributed by atoms with Gasteiger partial charge in [0.15, 0.2) is 17.6 Å². The molecule has 0 fully saturated rings. The smallest absolute Gasteiger partial charge is 0.267 e. The summed E-state index contributed by atoms with van der Waals surface area (Å²) in [5.41, 5.74) is 1.70. The van der Waals surface area contributed by atoms with Crippen molar-refractivity contribution in [2.24, 2.45) is 0 Å². The highest BCUT2D eigenvalue weighted by Gasteiger charge is 2.31. The average molecular weight is 412 g/mol. The zero-order valence-corrected chi connectivity index (χ0v) is 17.9. The van der Waals surface area contributed by atoms with Crippen LogP contribution in [0.1, 0.15) is 43.5 Å². The SMILES string of the molecule is CCCCCN1C(=O)C(C)Oc2ccc(NC(=O)c3ccc(OC)c(OC)c3)cc21. The van der Waals surface area contributed by atoms with Crippen LogP contribution in [0.15, 0.2) is 36.4 Å². The molecule has 160 valence electrons. The number of methoxy groups -OCH3 is 2. The van der Waals surface area contributed by atoms with Crippen LogP contribution in [0.5, 0.6) is 17.2 Å². The first-order chi connectivity index (χ1) is 14.5. The quantitative estimate of drug-likeness (QED) is 0.656. The van der Waals surface area contributed by atoms with Crippen molar-refractivity contribution >= 4 is 23.2 Å². The van der Waals surface area contributed by atoms with E-state index in [1.165, 1.54) is 7.11 Å². The summed E-state index contributed by atoms with van der Waals surface area (Å²) in [7, 11) is 3.06. The van der Waals surface area contributed by atoms with Gasteiger partial charge in [-0.2, -0.15) is 0 Å². The minimum absolute atomic E-state index is 0.0676. The Morgan fingerprint density at radius 3 is 2.57 bits per heavy atom. The predicted molar refractivity (Wildman–Crippen MR) is 116 cm³/mol. The fraction of sp³-hybridized carbons (Fsp3) is 0.391. The lowest BCUT2D eigenvalue weighted by Gasteiger charge is -2.33. The molecule has 0 radical (unpaired) electrons. The van der Waals surface area contributed by atoms with Gasteiger partial charge in [0.25, 0.3) is 11.8 Å². The summed E-state index contributed by atoms with van der Waals surface area (Å²) in [4.78, 5) is 27.2. The molecule has 0 aromatic heterocycles. The molecule has 30 heavy (non-hydrogen) atoms. The molecule has 0 spiro atoms. The van der Waals surface area contributed by atoms with Gasteiger partial charge in [0.05, 0.1) is 19.9 Å². The first kappa shape index (κ1) is 21.5. The molecule has 0 saturated carbocycles. The number of nitrogens with one attached hydrogen (secondary N) is 1. The Kier molecular flexibility index (Phi) is 6.82. The number of amides is 2. The topological polar surface area (TPSA) is 77.1 Å². The number of unbranched alkanes of at least 4 members (excludes halogenated alkanes) is 2. The molecule has 1 unspecified atom stereocenters. The van der Waals surface area contributed by atoms with Crippen molar-refractivity contribution in [2.45, 2.75) is 39.2 Å². The second kappa shape index (κ2) is 9.52. The fourth-order valence-corrected chi connectivity index (χ4v) is 3.42. The number of hydrogen-bond acceptors (Lipinski definition) is 5. The minimum Gasteiger partial charge on any atom is -0.493 e. The number of anilines is 2. The summed E-state index contributed by atoms with van der Waals surface area (Å²) in [6.45, 7) is 4.50. The van der Waals surface area contributed by atoms with Crippen LogP contribution in [0.25, 0.3) is 0 Å². The lowest BCUT2D eigenvalue weighted by Crippen LogP contribution is -2.44. The van der Waals surface area contributed by atoms with Gasteiger partial charge in [-0.1, -0.05) is 19.8 Å². The Bertz CT molecular complexity index is 928. The van der Waals surface area contributed by atoms with E-state index in [1.807, 2.05) is 0 Å². The zero-order chi connectivity index (χ0) is 21.7. The second-order valence-corrected chi connectivity index (χ2v) is 7.16. The highest BCUT2D eigenvalue weighted by Crippen LogP contribution is 2.37. The summed E-state index contributed by atoms with van der Waals surface area (Å²) < 4.78 is 16.2. The molecule has 1 aliphatic rings. The molecular weight excluding hydrogens is 384 g/mol. The Hall–Kier alpha value is -3.22. The largest absolute Gasteiger partial charge is 0.493 e. The van der Waals surface area contributed by atoms with E-state index in [1.54, 1.807) is 55.3 Å². The number of fused-ring (bicyclic) bond motifs is 1. The van der Waals surface area contributed by atoms with E-state index in [0.717, 1.165) is 19.3 Å². The van der Waals surface area contributed by atoms with E-state index in [-0.39, 0.29) is 11.8 Å². The van der Waals surface area contributed by atoms with Crippen LogP contribution in [0.4, 0.5) is 11.4 Å². The van der Waals surface area contributed by atoms with Crippen LogP contribution >= 0.6 is 0 Å². The van der Waals surface area contributed by atoms with E-state index in [0.29, 0.717) is 40.7 Å². The number of benzene rings is 2. The third-order valence-corrected chi connectivity index (χ3v) is 5.06. The maximum atomic E-state index is 12.7. The minimum atomic E-state index is -0.522. The van der Waals surface area contributed by atoms with Crippen molar-refractivity contribution in [3.8, 4) is 17.2 Å². The molecular formula is C23H28N2O5. The predicted octanol–water partition coefficient (Wildman–Crippen LogP) is 4.26. The monoisotopic (exact) mass is 412 g/mol. The van der Waals surface area contributed by atoms with E-state index in [2.05, 4.69) is 12.2 Å². The third-order valence-electron chi connectivity index (χ3n) is 5.06. The van der Waals surface area contributed by atoms with Crippen molar-refractivity contribution in [3.63, 3.8) is 0 Å². The van der Waals surface area contributed by atoms with Gasteiger partial charge in [0.1, 0.15) is 5.75 Å². The molecule has 2 aromatic carbocycles.